The molecule has 3 aromatic rings. The van der Waals surface area contributed by atoms with Crippen LogP contribution >= 0.6 is 11.6 Å². The van der Waals surface area contributed by atoms with Gasteiger partial charge in [0.1, 0.15) is 11.5 Å². The van der Waals surface area contributed by atoms with Crippen molar-refractivity contribution in [1.29, 1.82) is 0 Å². The summed E-state index contributed by atoms with van der Waals surface area (Å²) >= 11 is 6.32. The molecule has 6 rings (SSSR count). The van der Waals surface area contributed by atoms with Crippen molar-refractivity contribution in [2.24, 2.45) is 5.41 Å². The van der Waals surface area contributed by atoms with Crippen molar-refractivity contribution in [2.75, 3.05) is 11.4 Å². The van der Waals surface area contributed by atoms with Crippen LogP contribution in [-0.2, 0) is 22.6 Å². The van der Waals surface area contributed by atoms with E-state index < -0.39 is 29.3 Å². The Morgan fingerprint density at radius 3 is 2.67 bits per heavy atom. The maximum atomic E-state index is 14.2. The highest BCUT2D eigenvalue weighted by atomic mass is 35.5. The topological polar surface area (TPSA) is 104 Å². The van der Waals surface area contributed by atoms with E-state index in [4.69, 9.17) is 16.6 Å². The molecule has 2 atom stereocenters. The Bertz CT molecular complexity index is 1490. The van der Waals surface area contributed by atoms with Crippen LogP contribution in [0.4, 0.5) is 10.6 Å². The summed E-state index contributed by atoms with van der Waals surface area (Å²) in [5.74, 6) is -0.733. The second kappa shape index (κ2) is 8.44. The molecule has 0 saturated carbocycles. The lowest BCUT2D eigenvalue weighted by Crippen LogP contribution is -2.72. The summed E-state index contributed by atoms with van der Waals surface area (Å²) < 4.78 is 1.43. The highest BCUT2D eigenvalue weighted by Gasteiger charge is 2.62. The summed E-state index contributed by atoms with van der Waals surface area (Å²) in [6.07, 6.45) is 4.68. The number of anilines is 1. The van der Waals surface area contributed by atoms with Gasteiger partial charge in [-0.05, 0) is 36.6 Å². The molecule has 4 amide bonds. The fourth-order valence-electron chi connectivity index (χ4n) is 5.87. The first-order chi connectivity index (χ1) is 17.4. The SMILES string of the molecule is O=C1NC(=O)[C@@]2(Cc3c(nc4ccccn4c3=O)N3CCCCC[C@@H]32)C(=O)N1Cc1ccccc1Cl. The molecular formula is C26H24ClN5O4. The Balaban J connectivity index is 1.53. The Morgan fingerprint density at radius 1 is 1.03 bits per heavy atom. The number of barbiturate groups is 1. The van der Waals surface area contributed by atoms with Gasteiger partial charge in [-0.25, -0.2) is 9.78 Å². The number of amides is 4. The van der Waals surface area contributed by atoms with Crippen LogP contribution in [-0.4, -0.2) is 44.7 Å². The number of aromatic nitrogens is 2. The Kier molecular flexibility index (Phi) is 5.33. The molecular weight excluding hydrogens is 482 g/mol. The number of imide groups is 2. The van der Waals surface area contributed by atoms with E-state index in [2.05, 4.69) is 5.32 Å². The number of rotatable bonds is 2. The van der Waals surface area contributed by atoms with Crippen molar-refractivity contribution < 1.29 is 14.4 Å². The lowest BCUT2D eigenvalue weighted by molar-refractivity contribution is -0.154. The largest absolute Gasteiger partial charge is 0.352 e. The first-order valence-corrected chi connectivity index (χ1v) is 12.5. The minimum absolute atomic E-state index is 0.0755. The molecule has 2 aromatic heterocycles. The van der Waals surface area contributed by atoms with Crippen molar-refractivity contribution in [3.8, 4) is 0 Å². The van der Waals surface area contributed by atoms with Gasteiger partial charge in [0.15, 0.2) is 5.41 Å². The third kappa shape index (κ3) is 3.26. The van der Waals surface area contributed by atoms with Crippen LogP contribution in [0.3, 0.4) is 0 Å². The predicted molar refractivity (Wildman–Crippen MR) is 133 cm³/mol. The van der Waals surface area contributed by atoms with Crippen molar-refractivity contribution in [2.45, 2.75) is 44.7 Å². The van der Waals surface area contributed by atoms with Crippen molar-refractivity contribution in [3.05, 3.63) is 75.2 Å². The van der Waals surface area contributed by atoms with Gasteiger partial charge in [0.2, 0.25) is 11.8 Å². The minimum Gasteiger partial charge on any atom is -0.352 e. The Morgan fingerprint density at radius 2 is 1.83 bits per heavy atom. The number of benzene rings is 1. The molecule has 0 radical (unpaired) electrons. The summed E-state index contributed by atoms with van der Waals surface area (Å²) in [5.41, 5.74) is -0.528. The van der Waals surface area contributed by atoms with Crippen LogP contribution in [0, 0.1) is 5.41 Å². The van der Waals surface area contributed by atoms with Gasteiger partial charge in [0.05, 0.1) is 18.2 Å². The number of fused-ring (bicyclic) bond motifs is 5. The molecule has 3 aliphatic rings. The van der Waals surface area contributed by atoms with E-state index in [-0.39, 0.29) is 18.5 Å². The molecule has 10 heteroatoms. The quantitative estimate of drug-likeness (QED) is 0.537. The molecule has 36 heavy (non-hydrogen) atoms. The third-order valence-corrected chi connectivity index (χ3v) is 8.01. The zero-order chi connectivity index (χ0) is 25.0. The molecule has 0 aliphatic carbocycles. The maximum absolute atomic E-state index is 14.2. The summed E-state index contributed by atoms with van der Waals surface area (Å²) in [4.78, 5) is 62.2. The molecule has 1 N–H and O–H groups in total. The monoisotopic (exact) mass is 505 g/mol. The maximum Gasteiger partial charge on any atom is 0.331 e. The number of halogens is 1. The number of nitrogens with zero attached hydrogens (tertiary/aromatic N) is 4. The van der Waals surface area contributed by atoms with E-state index in [1.807, 2.05) is 11.0 Å². The highest BCUT2D eigenvalue weighted by molar-refractivity contribution is 6.31. The van der Waals surface area contributed by atoms with E-state index in [0.29, 0.717) is 40.6 Å². The van der Waals surface area contributed by atoms with E-state index in [1.54, 1.807) is 42.6 Å². The average Bonchev–Trinajstić information content (AvgIpc) is 3.14. The molecule has 0 unspecified atom stereocenters. The first kappa shape index (κ1) is 22.7. The number of nitrogens with one attached hydrogen (secondary N) is 1. The number of carbonyl (C=O) groups is 3. The molecule has 1 aromatic carbocycles. The van der Waals surface area contributed by atoms with Gasteiger partial charge < -0.3 is 4.90 Å². The molecule has 1 spiro atoms. The fraction of sp³-hybridized carbons (Fsp3) is 0.346. The van der Waals surface area contributed by atoms with E-state index in [1.165, 1.54) is 4.40 Å². The van der Waals surface area contributed by atoms with Crippen LogP contribution in [0.1, 0.15) is 36.8 Å². The Hall–Kier alpha value is -3.72. The predicted octanol–water partition coefficient (Wildman–Crippen LogP) is 2.92. The minimum atomic E-state index is -1.63. The van der Waals surface area contributed by atoms with Crippen LogP contribution in [0.25, 0.3) is 5.65 Å². The molecule has 9 nitrogen and oxygen atoms in total. The number of carbonyl (C=O) groups excluding carboxylic acids is 3. The van der Waals surface area contributed by atoms with Crippen molar-refractivity contribution in [1.82, 2.24) is 19.6 Å². The number of pyridine rings is 1. The van der Waals surface area contributed by atoms with Gasteiger partial charge in [-0.2, -0.15) is 0 Å². The fourth-order valence-corrected chi connectivity index (χ4v) is 6.07. The standard InChI is InChI=1S/C26H24ClN5O4/c27-18-9-4-3-8-16(18)15-32-24(35)26(23(34)29-25(32)36)14-17-21(30-12-6-1-2-10-19(26)30)28-20-11-5-7-13-31(20)22(17)33/h3-5,7-9,11,13,19H,1-2,6,10,12,14-15H2,(H,29,34,36)/t19-,26+/m1/s1. The van der Waals surface area contributed by atoms with E-state index in [0.717, 1.165) is 24.2 Å². The lowest BCUT2D eigenvalue weighted by atomic mass is 9.68. The first-order valence-electron chi connectivity index (χ1n) is 12.1. The summed E-state index contributed by atoms with van der Waals surface area (Å²) in [7, 11) is 0. The van der Waals surface area contributed by atoms with Gasteiger partial charge in [-0.1, -0.05) is 48.7 Å². The Labute approximate surface area is 211 Å². The van der Waals surface area contributed by atoms with Crippen LogP contribution in [0.2, 0.25) is 5.02 Å². The highest BCUT2D eigenvalue weighted by Crippen LogP contribution is 2.46. The summed E-state index contributed by atoms with van der Waals surface area (Å²) in [6.45, 7) is 0.488. The zero-order valence-electron chi connectivity index (χ0n) is 19.4. The second-order valence-corrected chi connectivity index (χ2v) is 10.0. The van der Waals surface area contributed by atoms with Crippen LogP contribution in [0.5, 0.6) is 0 Å². The number of hydrogen-bond acceptors (Lipinski definition) is 6. The molecule has 2 fully saturated rings. The smallest absolute Gasteiger partial charge is 0.331 e. The molecule has 2 saturated heterocycles. The molecule has 5 heterocycles. The third-order valence-electron chi connectivity index (χ3n) is 7.64. The van der Waals surface area contributed by atoms with E-state index >= 15 is 0 Å². The summed E-state index contributed by atoms with van der Waals surface area (Å²) in [5, 5.41) is 2.85. The molecule has 0 bridgehead atoms. The van der Waals surface area contributed by atoms with E-state index in [9.17, 15) is 19.2 Å². The lowest BCUT2D eigenvalue weighted by Gasteiger charge is -2.50. The van der Waals surface area contributed by atoms with Gasteiger partial charge in [-0.15, -0.1) is 0 Å². The zero-order valence-corrected chi connectivity index (χ0v) is 20.2. The second-order valence-electron chi connectivity index (χ2n) is 9.60. The van der Waals surface area contributed by atoms with Crippen molar-refractivity contribution in [3.63, 3.8) is 0 Å². The van der Waals surface area contributed by atoms with Crippen LogP contribution in [0.15, 0.2) is 53.5 Å². The average molecular weight is 506 g/mol. The summed E-state index contributed by atoms with van der Waals surface area (Å²) in [6, 6.07) is 11.0. The van der Waals surface area contributed by atoms with Gasteiger partial charge in [-0.3, -0.25) is 29.0 Å². The van der Waals surface area contributed by atoms with Crippen molar-refractivity contribution >= 4 is 40.9 Å². The normalized spacial score (nSPS) is 23.9. The van der Waals surface area contributed by atoms with Gasteiger partial charge in [0.25, 0.3) is 5.56 Å². The number of urea groups is 1. The van der Waals surface area contributed by atoms with Crippen LogP contribution < -0.4 is 15.8 Å². The van der Waals surface area contributed by atoms with Gasteiger partial charge in [0, 0.05) is 24.2 Å². The van der Waals surface area contributed by atoms with Gasteiger partial charge >= 0.3 is 6.03 Å². The number of hydrogen-bond donors (Lipinski definition) is 1. The molecule has 3 aliphatic heterocycles. The molecule has 184 valence electrons.